The first-order valence-corrected chi connectivity index (χ1v) is 10.4. The van der Waals surface area contributed by atoms with Gasteiger partial charge in [0.05, 0.1) is 14.2 Å². The maximum Gasteiger partial charge on any atom is 0.252 e. The van der Waals surface area contributed by atoms with Crippen molar-refractivity contribution in [1.82, 2.24) is 14.9 Å². The highest BCUT2D eigenvalue weighted by molar-refractivity contribution is 5.97. The maximum absolute atomic E-state index is 13.1. The minimum Gasteiger partial charge on any atom is -0.497 e. The van der Waals surface area contributed by atoms with Crippen molar-refractivity contribution in [2.45, 2.75) is 18.9 Å². The normalized spacial score (nSPS) is 13.8. The Morgan fingerprint density at radius 2 is 1.72 bits per heavy atom. The first kappa shape index (κ1) is 21.4. The molecule has 0 saturated heterocycles. The van der Waals surface area contributed by atoms with E-state index in [1.165, 1.54) is 0 Å². The van der Waals surface area contributed by atoms with Crippen LogP contribution in [-0.4, -0.2) is 35.6 Å². The first-order valence-electron chi connectivity index (χ1n) is 10.4. The average Bonchev–Trinajstić information content (AvgIpc) is 3.59. The summed E-state index contributed by atoms with van der Waals surface area (Å²) in [5.41, 5.74) is 1.93. The zero-order valence-corrected chi connectivity index (χ0v) is 18.3. The largest absolute Gasteiger partial charge is 0.497 e. The average molecular weight is 434 g/mol. The van der Waals surface area contributed by atoms with Crippen LogP contribution in [0.3, 0.4) is 0 Å². The summed E-state index contributed by atoms with van der Waals surface area (Å²) in [5.74, 6) is 1.79. The highest BCUT2D eigenvalue weighted by Gasteiger charge is 2.29. The minimum atomic E-state index is -0.527. The topological polar surface area (TPSA) is 94.5 Å². The third kappa shape index (κ3) is 4.74. The number of nitrogens with one attached hydrogen (secondary N) is 2. The lowest BCUT2D eigenvalue weighted by Crippen LogP contribution is -2.31. The molecule has 0 aliphatic heterocycles. The van der Waals surface area contributed by atoms with E-state index < -0.39 is 6.04 Å². The van der Waals surface area contributed by atoms with E-state index in [9.17, 15) is 9.59 Å². The molecule has 0 bridgehead atoms. The second kappa shape index (κ2) is 9.13. The van der Waals surface area contributed by atoms with Crippen molar-refractivity contribution >= 4 is 17.5 Å². The molecule has 1 aromatic heterocycles. The van der Waals surface area contributed by atoms with Gasteiger partial charge in [-0.2, -0.15) is 0 Å². The van der Waals surface area contributed by atoms with Gasteiger partial charge in [-0.1, -0.05) is 0 Å². The number of benzene rings is 2. The van der Waals surface area contributed by atoms with E-state index >= 15 is 0 Å². The van der Waals surface area contributed by atoms with Gasteiger partial charge in [0, 0.05) is 42.7 Å². The fourth-order valence-corrected chi connectivity index (χ4v) is 3.46. The van der Waals surface area contributed by atoms with Crippen molar-refractivity contribution in [3.63, 3.8) is 0 Å². The van der Waals surface area contributed by atoms with Gasteiger partial charge in [-0.05, 0) is 54.8 Å². The number of nitrogens with zero attached hydrogens (tertiary/aromatic N) is 2. The van der Waals surface area contributed by atoms with Crippen molar-refractivity contribution in [3.8, 4) is 11.5 Å². The summed E-state index contributed by atoms with van der Waals surface area (Å²) >= 11 is 0. The van der Waals surface area contributed by atoms with Crippen molar-refractivity contribution in [2.75, 3.05) is 19.5 Å². The Morgan fingerprint density at radius 1 is 1.06 bits per heavy atom. The first-order chi connectivity index (χ1) is 15.5. The fraction of sp³-hybridized carbons (Fsp3) is 0.292. The standard InChI is InChI=1S/C24H26N4O4/c1-28-11-10-25-22(28)21(17-12-19(31-2)14-20(13-17)32-3)27-24(30)16-6-8-18(9-7-16)26-23(29)15-4-5-15/h6-15,21H,4-5H2,1-3H3,(H,26,29)(H,27,30). The van der Waals surface area contributed by atoms with Gasteiger partial charge in [-0.3, -0.25) is 9.59 Å². The Kier molecular flexibility index (Phi) is 6.11. The number of aromatic nitrogens is 2. The summed E-state index contributed by atoms with van der Waals surface area (Å²) in [4.78, 5) is 29.5. The predicted molar refractivity (Wildman–Crippen MR) is 120 cm³/mol. The molecule has 32 heavy (non-hydrogen) atoms. The van der Waals surface area contributed by atoms with Gasteiger partial charge in [0.15, 0.2) is 0 Å². The molecule has 4 rings (SSSR count). The zero-order valence-electron chi connectivity index (χ0n) is 18.3. The van der Waals surface area contributed by atoms with E-state index in [1.54, 1.807) is 50.7 Å². The number of imidazole rings is 1. The number of rotatable bonds is 8. The Labute approximate surface area is 186 Å². The number of methoxy groups -OCH3 is 2. The molecule has 1 atom stereocenters. The summed E-state index contributed by atoms with van der Waals surface area (Å²) in [6, 6.07) is 11.8. The third-order valence-corrected chi connectivity index (χ3v) is 5.46. The number of hydrogen-bond acceptors (Lipinski definition) is 5. The second-order valence-electron chi connectivity index (χ2n) is 7.79. The minimum absolute atomic E-state index is 0.0315. The third-order valence-electron chi connectivity index (χ3n) is 5.46. The molecule has 2 N–H and O–H groups in total. The maximum atomic E-state index is 13.1. The molecule has 0 spiro atoms. The van der Waals surface area contributed by atoms with Gasteiger partial charge in [0.2, 0.25) is 5.91 Å². The van der Waals surface area contributed by atoms with Crippen LogP contribution in [-0.2, 0) is 11.8 Å². The van der Waals surface area contributed by atoms with E-state index in [-0.39, 0.29) is 17.7 Å². The number of aryl methyl sites for hydroxylation is 1. The summed E-state index contributed by atoms with van der Waals surface area (Å²) < 4.78 is 12.6. The Balaban J connectivity index is 1.58. The van der Waals surface area contributed by atoms with Gasteiger partial charge < -0.3 is 24.7 Å². The molecule has 2 amide bonds. The van der Waals surface area contributed by atoms with Crippen LogP contribution in [0.4, 0.5) is 5.69 Å². The van der Waals surface area contributed by atoms with Gasteiger partial charge in [-0.25, -0.2) is 4.98 Å². The van der Waals surface area contributed by atoms with Crippen LogP contribution in [0.1, 0.15) is 40.6 Å². The smallest absolute Gasteiger partial charge is 0.252 e. The Hall–Kier alpha value is -3.81. The molecule has 1 fully saturated rings. The molecule has 1 aliphatic carbocycles. The van der Waals surface area contributed by atoms with Crippen molar-refractivity contribution in [1.29, 1.82) is 0 Å². The summed E-state index contributed by atoms with van der Waals surface area (Å²) in [6.07, 6.45) is 5.39. The van der Waals surface area contributed by atoms with Crippen LogP contribution in [0, 0.1) is 5.92 Å². The van der Waals surface area contributed by atoms with E-state index in [4.69, 9.17) is 9.47 Å². The van der Waals surface area contributed by atoms with E-state index in [1.807, 2.05) is 29.9 Å². The van der Waals surface area contributed by atoms with Crippen molar-refractivity contribution in [2.24, 2.45) is 13.0 Å². The molecule has 1 saturated carbocycles. The Bertz CT molecular complexity index is 1100. The van der Waals surface area contributed by atoms with E-state index in [2.05, 4.69) is 15.6 Å². The molecule has 0 radical (unpaired) electrons. The predicted octanol–water partition coefficient (Wildman–Crippen LogP) is 3.31. The molecule has 1 aliphatic rings. The highest BCUT2D eigenvalue weighted by atomic mass is 16.5. The number of anilines is 1. The lowest BCUT2D eigenvalue weighted by molar-refractivity contribution is -0.117. The SMILES string of the molecule is COc1cc(OC)cc(C(NC(=O)c2ccc(NC(=O)C3CC3)cc2)c2nccn2C)c1. The summed E-state index contributed by atoms with van der Waals surface area (Å²) in [7, 11) is 5.03. The number of ether oxygens (including phenoxy) is 2. The van der Waals surface area contributed by atoms with Crippen LogP contribution in [0.5, 0.6) is 11.5 Å². The van der Waals surface area contributed by atoms with Crippen LogP contribution >= 0.6 is 0 Å². The van der Waals surface area contributed by atoms with Crippen molar-refractivity contribution in [3.05, 3.63) is 71.8 Å². The van der Waals surface area contributed by atoms with Crippen LogP contribution < -0.4 is 20.1 Å². The molecular formula is C24H26N4O4. The van der Waals surface area contributed by atoms with Crippen LogP contribution in [0.15, 0.2) is 54.9 Å². The molecule has 166 valence electrons. The van der Waals surface area contributed by atoms with E-state index in [0.717, 1.165) is 18.4 Å². The van der Waals surface area contributed by atoms with Crippen LogP contribution in [0.2, 0.25) is 0 Å². The monoisotopic (exact) mass is 434 g/mol. The van der Waals surface area contributed by atoms with Crippen molar-refractivity contribution < 1.29 is 19.1 Å². The second-order valence-corrected chi connectivity index (χ2v) is 7.79. The van der Waals surface area contributed by atoms with Gasteiger partial charge in [-0.15, -0.1) is 0 Å². The molecule has 8 nitrogen and oxygen atoms in total. The number of carbonyl (C=O) groups excluding carboxylic acids is 2. The summed E-state index contributed by atoms with van der Waals surface area (Å²) in [5, 5.41) is 5.94. The Morgan fingerprint density at radius 3 is 2.25 bits per heavy atom. The molecule has 8 heteroatoms. The number of hydrogen-bond donors (Lipinski definition) is 2. The lowest BCUT2D eigenvalue weighted by atomic mass is 10.0. The quantitative estimate of drug-likeness (QED) is 0.567. The van der Waals surface area contributed by atoms with E-state index in [0.29, 0.717) is 28.6 Å². The summed E-state index contributed by atoms with van der Waals surface area (Å²) in [6.45, 7) is 0. The molecule has 3 aromatic rings. The molecule has 1 heterocycles. The van der Waals surface area contributed by atoms with Gasteiger partial charge >= 0.3 is 0 Å². The highest BCUT2D eigenvalue weighted by Crippen LogP contribution is 2.31. The van der Waals surface area contributed by atoms with Gasteiger partial charge in [0.25, 0.3) is 5.91 Å². The number of amides is 2. The molecule has 2 aromatic carbocycles. The van der Waals surface area contributed by atoms with Gasteiger partial charge in [0.1, 0.15) is 23.4 Å². The lowest BCUT2D eigenvalue weighted by Gasteiger charge is -2.20. The zero-order chi connectivity index (χ0) is 22.7. The molecular weight excluding hydrogens is 408 g/mol. The fourth-order valence-electron chi connectivity index (χ4n) is 3.46. The van der Waals surface area contributed by atoms with Crippen LogP contribution in [0.25, 0.3) is 0 Å². The number of carbonyl (C=O) groups is 2. The molecule has 1 unspecified atom stereocenters.